The van der Waals surface area contributed by atoms with Crippen molar-refractivity contribution >= 4 is 56.8 Å². The number of anilines is 1. The lowest BCUT2D eigenvalue weighted by Gasteiger charge is -2.38. The normalized spacial score (nSPS) is 23.9. The summed E-state index contributed by atoms with van der Waals surface area (Å²) in [6, 6.07) is 27.7. The van der Waals surface area contributed by atoms with Crippen LogP contribution in [-0.2, 0) is 10.2 Å². The first-order valence-electron chi connectivity index (χ1n) is 13.0. The lowest BCUT2D eigenvalue weighted by Crippen LogP contribution is -2.49. The second kappa shape index (κ2) is 9.29. The third-order valence-corrected chi connectivity index (χ3v) is 9.25. The molecule has 4 aromatic carbocycles. The van der Waals surface area contributed by atoms with Crippen molar-refractivity contribution < 1.29 is 14.4 Å². The Morgan fingerprint density at radius 1 is 0.850 bits per heavy atom. The van der Waals surface area contributed by atoms with E-state index in [0.717, 1.165) is 15.6 Å². The number of hydrogen-bond acceptors (Lipinski definition) is 4. The van der Waals surface area contributed by atoms with E-state index < -0.39 is 23.4 Å². The molecule has 3 aliphatic heterocycles. The number of nitrogens with one attached hydrogen (secondary N) is 1. The van der Waals surface area contributed by atoms with Gasteiger partial charge in [0, 0.05) is 27.5 Å². The van der Waals surface area contributed by atoms with E-state index in [1.807, 2.05) is 65.7 Å². The number of carbonyl (C=O) groups excluding carboxylic acids is 3. The van der Waals surface area contributed by atoms with Crippen molar-refractivity contribution in [2.24, 2.45) is 5.92 Å². The van der Waals surface area contributed by atoms with E-state index in [0.29, 0.717) is 27.4 Å². The fourth-order valence-electron chi connectivity index (χ4n) is 6.78. The zero-order valence-electron chi connectivity index (χ0n) is 21.1. The number of amides is 1. The van der Waals surface area contributed by atoms with Gasteiger partial charge in [0.25, 0.3) is 0 Å². The van der Waals surface area contributed by atoms with Crippen molar-refractivity contribution in [3.63, 3.8) is 0 Å². The van der Waals surface area contributed by atoms with Gasteiger partial charge in [-0.3, -0.25) is 14.4 Å². The van der Waals surface area contributed by atoms with E-state index in [2.05, 4.69) is 21.2 Å². The molecular weight excluding hydrogens is 588 g/mol. The number of ketones is 2. The molecule has 3 heterocycles. The molecule has 40 heavy (non-hydrogen) atoms. The Hall–Kier alpha value is -4.00. The highest BCUT2D eigenvalue weighted by Crippen LogP contribution is 2.62. The molecule has 7 heteroatoms. The van der Waals surface area contributed by atoms with E-state index in [1.165, 1.54) is 0 Å². The fourth-order valence-corrected chi connectivity index (χ4v) is 7.28. The zero-order chi connectivity index (χ0) is 27.6. The van der Waals surface area contributed by atoms with Crippen LogP contribution < -0.4 is 5.32 Å². The SMILES string of the molecule is O=C(c1ccc(Br)cc1)[C@@H]1[C@H](C(=O)c2ccccc2Cl)N2C=Cc3ccccc3[C@@H]2[C@]12C(=O)Nc1ccccc12. The van der Waals surface area contributed by atoms with Crippen LogP contribution in [0.5, 0.6) is 0 Å². The molecule has 0 aliphatic carbocycles. The summed E-state index contributed by atoms with van der Waals surface area (Å²) in [6.45, 7) is 0. The van der Waals surface area contributed by atoms with Crippen LogP contribution in [0.2, 0.25) is 5.02 Å². The number of Topliss-reactive ketones (excluding diaryl/α,β-unsaturated/α-hetero) is 2. The number of fused-ring (bicyclic) bond motifs is 6. The molecule has 1 fully saturated rings. The largest absolute Gasteiger partial charge is 0.358 e. The van der Waals surface area contributed by atoms with Crippen molar-refractivity contribution in [1.29, 1.82) is 0 Å². The van der Waals surface area contributed by atoms with E-state index in [-0.39, 0.29) is 17.5 Å². The van der Waals surface area contributed by atoms with Gasteiger partial charge in [-0.05, 0) is 53.1 Å². The molecule has 1 amide bonds. The maximum atomic E-state index is 14.7. The molecule has 0 unspecified atom stereocenters. The topological polar surface area (TPSA) is 66.5 Å². The van der Waals surface area contributed by atoms with E-state index >= 15 is 0 Å². The maximum absolute atomic E-state index is 14.7. The quantitative estimate of drug-likeness (QED) is 0.251. The third kappa shape index (κ3) is 3.42. The summed E-state index contributed by atoms with van der Waals surface area (Å²) in [5.74, 6) is -1.91. The van der Waals surface area contributed by atoms with E-state index in [1.54, 1.807) is 48.5 Å². The number of benzene rings is 4. The minimum atomic E-state index is -1.37. The van der Waals surface area contributed by atoms with E-state index in [4.69, 9.17) is 11.6 Å². The van der Waals surface area contributed by atoms with Crippen LogP contribution in [0.4, 0.5) is 5.69 Å². The summed E-state index contributed by atoms with van der Waals surface area (Å²) < 4.78 is 0.826. The Morgan fingerprint density at radius 3 is 2.35 bits per heavy atom. The van der Waals surface area contributed by atoms with Crippen LogP contribution in [0.25, 0.3) is 6.08 Å². The predicted octanol–water partition coefficient (Wildman–Crippen LogP) is 7.08. The van der Waals surface area contributed by atoms with Gasteiger partial charge < -0.3 is 10.2 Å². The summed E-state index contributed by atoms with van der Waals surface area (Å²) in [6.07, 6.45) is 3.80. The van der Waals surface area contributed by atoms with Crippen molar-refractivity contribution in [2.75, 3.05) is 5.32 Å². The number of rotatable bonds is 4. The molecular formula is C33H22BrClN2O3. The van der Waals surface area contributed by atoms with Gasteiger partial charge in [0.2, 0.25) is 5.91 Å². The average molecular weight is 610 g/mol. The van der Waals surface area contributed by atoms with Gasteiger partial charge in [0.05, 0.1) is 17.0 Å². The number of carbonyl (C=O) groups is 3. The van der Waals surface area contributed by atoms with Crippen LogP contribution in [0.15, 0.2) is 108 Å². The van der Waals surface area contributed by atoms with Crippen molar-refractivity contribution in [3.05, 3.63) is 141 Å². The summed E-state index contributed by atoms with van der Waals surface area (Å²) >= 11 is 10.00. The van der Waals surface area contributed by atoms with Gasteiger partial charge in [-0.15, -0.1) is 0 Å². The minimum absolute atomic E-state index is 0.273. The van der Waals surface area contributed by atoms with Gasteiger partial charge >= 0.3 is 0 Å². The highest BCUT2D eigenvalue weighted by molar-refractivity contribution is 9.10. The molecule has 0 aromatic heterocycles. The Labute approximate surface area is 244 Å². The molecule has 4 atom stereocenters. The van der Waals surface area contributed by atoms with Crippen molar-refractivity contribution in [2.45, 2.75) is 17.5 Å². The van der Waals surface area contributed by atoms with Gasteiger partial charge in [-0.1, -0.05) is 94.3 Å². The first kappa shape index (κ1) is 25.0. The third-order valence-electron chi connectivity index (χ3n) is 8.39. The van der Waals surface area contributed by atoms with E-state index in [9.17, 15) is 14.4 Å². The van der Waals surface area contributed by atoms with Crippen molar-refractivity contribution in [1.82, 2.24) is 4.90 Å². The molecule has 5 nitrogen and oxygen atoms in total. The second-order valence-corrected chi connectivity index (χ2v) is 11.6. The first-order valence-corrected chi connectivity index (χ1v) is 14.1. The monoisotopic (exact) mass is 608 g/mol. The molecule has 196 valence electrons. The minimum Gasteiger partial charge on any atom is -0.358 e. The Bertz CT molecular complexity index is 1750. The highest BCUT2D eigenvalue weighted by Gasteiger charge is 2.70. The molecule has 0 saturated carbocycles. The smallest absolute Gasteiger partial charge is 0.238 e. The highest BCUT2D eigenvalue weighted by atomic mass is 79.9. The average Bonchev–Trinajstić information content (AvgIpc) is 3.45. The molecule has 7 rings (SSSR count). The molecule has 4 aromatic rings. The van der Waals surface area contributed by atoms with Crippen LogP contribution in [0, 0.1) is 5.92 Å². The standard InChI is InChI=1S/C33H22BrClN2O3/c34-21-15-13-20(14-16-21)29(38)27-28(30(39)23-9-3-5-11-25(23)35)37-18-17-19-7-1-2-8-22(19)31(37)33(27)24-10-4-6-12-26(24)36-32(33)40/h1-18,27-28,31H,(H,36,40)/t27-,28+,31+,33+/m0/s1. The number of para-hydroxylation sites is 1. The van der Waals surface area contributed by atoms with Crippen LogP contribution >= 0.6 is 27.5 Å². The van der Waals surface area contributed by atoms with Gasteiger partial charge in [0.1, 0.15) is 11.5 Å². The lowest BCUT2D eigenvalue weighted by molar-refractivity contribution is -0.122. The van der Waals surface area contributed by atoms with Gasteiger partial charge in [-0.25, -0.2) is 0 Å². The molecule has 0 bridgehead atoms. The summed E-state index contributed by atoms with van der Waals surface area (Å²) in [4.78, 5) is 45.6. The van der Waals surface area contributed by atoms with Gasteiger partial charge in [0.15, 0.2) is 11.6 Å². The maximum Gasteiger partial charge on any atom is 0.238 e. The second-order valence-electron chi connectivity index (χ2n) is 10.3. The molecule has 1 spiro atoms. The molecule has 1 N–H and O–H groups in total. The zero-order valence-corrected chi connectivity index (χ0v) is 23.4. The fraction of sp³-hybridized carbons (Fsp3) is 0.121. The van der Waals surface area contributed by atoms with Crippen LogP contribution in [0.3, 0.4) is 0 Å². The number of hydrogen-bond donors (Lipinski definition) is 1. The molecule has 0 radical (unpaired) electrons. The van der Waals surface area contributed by atoms with Crippen LogP contribution in [0.1, 0.15) is 43.4 Å². The Kier molecular flexibility index (Phi) is 5.81. The summed E-state index contributed by atoms with van der Waals surface area (Å²) in [5, 5.41) is 3.37. The molecule has 1 saturated heterocycles. The summed E-state index contributed by atoms with van der Waals surface area (Å²) in [5.41, 5.74) is 2.57. The van der Waals surface area contributed by atoms with Gasteiger partial charge in [-0.2, -0.15) is 0 Å². The molecule has 3 aliphatic rings. The van der Waals surface area contributed by atoms with Crippen molar-refractivity contribution in [3.8, 4) is 0 Å². The Balaban J connectivity index is 1.55. The summed E-state index contributed by atoms with van der Waals surface area (Å²) in [7, 11) is 0. The number of halogens is 2. The van der Waals surface area contributed by atoms with Crippen LogP contribution in [-0.4, -0.2) is 28.4 Å². The lowest BCUT2D eigenvalue weighted by atomic mass is 9.62. The predicted molar refractivity (Wildman–Crippen MR) is 158 cm³/mol. The Morgan fingerprint density at radius 2 is 1.55 bits per heavy atom. The number of nitrogens with zero attached hydrogens (tertiary/aromatic N) is 1. The first-order chi connectivity index (χ1) is 19.4.